The van der Waals surface area contributed by atoms with E-state index in [-0.39, 0.29) is 12.1 Å². The molecule has 1 saturated heterocycles. The third-order valence-electron chi connectivity index (χ3n) is 4.49. The first-order valence-corrected chi connectivity index (χ1v) is 9.11. The summed E-state index contributed by atoms with van der Waals surface area (Å²) in [5.41, 5.74) is 4.92. The van der Waals surface area contributed by atoms with Gasteiger partial charge >= 0.3 is 0 Å². The Kier molecular flexibility index (Phi) is 6.53. The molecule has 3 aromatic carbocycles. The van der Waals surface area contributed by atoms with Crippen molar-refractivity contribution < 1.29 is 14.3 Å². The Hall–Kier alpha value is -2.75. The van der Waals surface area contributed by atoms with Crippen LogP contribution in [0.3, 0.4) is 0 Å². The van der Waals surface area contributed by atoms with Crippen LogP contribution in [0.4, 0.5) is 0 Å². The van der Waals surface area contributed by atoms with Gasteiger partial charge < -0.3 is 9.47 Å². The van der Waals surface area contributed by atoms with Crippen LogP contribution in [0.5, 0.6) is 0 Å². The maximum absolute atomic E-state index is 12.1. The van der Waals surface area contributed by atoms with Gasteiger partial charge in [-0.3, -0.25) is 4.79 Å². The highest BCUT2D eigenvalue weighted by atomic mass is 16.7. The van der Waals surface area contributed by atoms with Crippen molar-refractivity contribution in [3.05, 3.63) is 107 Å². The minimum Gasteiger partial charge on any atom is -0.346 e. The fourth-order valence-electron chi connectivity index (χ4n) is 2.96. The molecule has 3 aromatic rings. The summed E-state index contributed by atoms with van der Waals surface area (Å²) in [6.07, 6.45) is -0.133. The Labute approximate surface area is 160 Å². The summed E-state index contributed by atoms with van der Waals surface area (Å²) in [7, 11) is 0. The van der Waals surface area contributed by atoms with Gasteiger partial charge in [-0.25, -0.2) is 0 Å². The van der Waals surface area contributed by atoms with Gasteiger partial charge in [0.15, 0.2) is 12.1 Å². The molecular formula is C24H24O3. The largest absolute Gasteiger partial charge is 0.346 e. The molecular weight excluding hydrogens is 336 g/mol. The van der Waals surface area contributed by atoms with E-state index >= 15 is 0 Å². The van der Waals surface area contributed by atoms with E-state index < -0.39 is 0 Å². The number of hydrogen-bond acceptors (Lipinski definition) is 3. The number of benzene rings is 3. The Bertz CT molecular complexity index is 881. The Morgan fingerprint density at radius 2 is 1.30 bits per heavy atom. The average molecular weight is 360 g/mol. The highest BCUT2D eigenvalue weighted by Crippen LogP contribution is 2.25. The first-order chi connectivity index (χ1) is 13.2. The van der Waals surface area contributed by atoms with E-state index in [0.29, 0.717) is 13.2 Å². The lowest BCUT2D eigenvalue weighted by atomic mass is 9.99. The number of rotatable bonds is 3. The molecule has 0 aromatic heterocycles. The highest BCUT2D eigenvalue weighted by Gasteiger charge is 2.19. The second kappa shape index (κ2) is 9.26. The number of ether oxygens (including phenoxy) is 2. The van der Waals surface area contributed by atoms with Gasteiger partial charge in [-0.05, 0) is 25.0 Å². The SMILES string of the molecule is Cc1ccccc1C(=O)c1ccccc1.Cc1ccccc1C1OCCO1. The number of carbonyl (C=O) groups excluding carboxylic acids is 1. The van der Waals surface area contributed by atoms with E-state index in [4.69, 9.17) is 9.47 Å². The van der Waals surface area contributed by atoms with Crippen LogP contribution >= 0.6 is 0 Å². The van der Waals surface area contributed by atoms with E-state index in [9.17, 15) is 4.79 Å². The summed E-state index contributed by atoms with van der Waals surface area (Å²) >= 11 is 0. The Morgan fingerprint density at radius 1 is 0.741 bits per heavy atom. The molecule has 0 radical (unpaired) electrons. The summed E-state index contributed by atoms with van der Waals surface area (Å²) in [5, 5.41) is 0. The van der Waals surface area contributed by atoms with Crippen molar-refractivity contribution in [1.29, 1.82) is 0 Å². The quantitative estimate of drug-likeness (QED) is 0.597. The normalized spacial score (nSPS) is 13.7. The van der Waals surface area contributed by atoms with Crippen molar-refractivity contribution in [3.63, 3.8) is 0 Å². The lowest BCUT2D eigenvalue weighted by Gasteiger charge is -2.11. The standard InChI is InChI=1S/C14H12O.C10H12O2/c1-11-7-5-6-10-13(11)14(15)12-8-3-2-4-9-12;1-8-4-2-3-5-9(8)10-11-6-7-12-10/h2-10H,1H3;2-5,10H,6-7H2,1H3. The molecule has 27 heavy (non-hydrogen) atoms. The lowest BCUT2D eigenvalue weighted by Crippen LogP contribution is -2.02. The van der Waals surface area contributed by atoms with Gasteiger partial charge in [0.1, 0.15) is 0 Å². The third kappa shape index (κ3) is 4.91. The fraction of sp³-hybridized carbons (Fsp3) is 0.208. The molecule has 4 rings (SSSR count). The third-order valence-corrected chi connectivity index (χ3v) is 4.49. The minimum absolute atomic E-state index is 0.0914. The molecule has 3 nitrogen and oxygen atoms in total. The van der Waals surface area contributed by atoms with Crippen LogP contribution < -0.4 is 0 Å². The summed E-state index contributed by atoms with van der Waals surface area (Å²) in [6, 6.07) is 25.2. The zero-order valence-electron chi connectivity index (χ0n) is 15.7. The lowest BCUT2D eigenvalue weighted by molar-refractivity contribution is -0.0445. The van der Waals surface area contributed by atoms with Crippen LogP contribution in [0.15, 0.2) is 78.9 Å². The highest BCUT2D eigenvalue weighted by molar-refractivity contribution is 6.09. The van der Waals surface area contributed by atoms with Crippen LogP contribution in [0, 0.1) is 13.8 Å². The van der Waals surface area contributed by atoms with Crippen molar-refractivity contribution in [3.8, 4) is 0 Å². The van der Waals surface area contributed by atoms with Crippen LogP contribution in [0.25, 0.3) is 0 Å². The van der Waals surface area contributed by atoms with Crippen molar-refractivity contribution in [2.24, 2.45) is 0 Å². The second-order valence-electron chi connectivity index (χ2n) is 6.44. The van der Waals surface area contributed by atoms with Gasteiger partial charge in [0.2, 0.25) is 0 Å². The van der Waals surface area contributed by atoms with Crippen molar-refractivity contribution in [1.82, 2.24) is 0 Å². The van der Waals surface area contributed by atoms with Gasteiger partial charge in [-0.1, -0.05) is 78.9 Å². The van der Waals surface area contributed by atoms with E-state index in [1.807, 2.05) is 79.7 Å². The van der Waals surface area contributed by atoms with Gasteiger partial charge in [-0.2, -0.15) is 0 Å². The molecule has 0 saturated carbocycles. The number of hydrogen-bond donors (Lipinski definition) is 0. The van der Waals surface area contributed by atoms with Crippen molar-refractivity contribution in [2.45, 2.75) is 20.1 Å². The topological polar surface area (TPSA) is 35.5 Å². The maximum atomic E-state index is 12.1. The van der Waals surface area contributed by atoms with Gasteiger partial charge in [-0.15, -0.1) is 0 Å². The summed E-state index contributed by atoms with van der Waals surface area (Å²) in [6.45, 7) is 5.44. The molecule has 0 atom stereocenters. The molecule has 0 bridgehead atoms. The molecule has 1 aliphatic heterocycles. The smallest absolute Gasteiger partial charge is 0.193 e. The Balaban J connectivity index is 0.000000159. The van der Waals surface area contributed by atoms with E-state index in [1.54, 1.807) is 0 Å². The summed E-state index contributed by atoms with van der Waals surface area (Å²) in [4.78, 5) is 12.1. The zero-order chi connectivity index (χ0) is 19.1. The zero-order valence-corrected chi connectivity index (χ0v) is 15.7. The molecule has 1 heterocycles. The number of carbonyl (C=O) groups is 1. The van der Waals surface area contributed by atoms with Crippen molar-refractivity contribution >= 4 is 5.78 Å². The molecule has 3 heteroatoms. The Morgan fingerprint density at radius 3 is 1.93 bits per heavy atom. The summed E-state index contributed by atoms with van der Waals surface area (Å²) < 4.78 is 10.8. The van der Waals surface area contributed by atoms with E-state index in [1.165, 1.54) is 5.56 Å². The van der Waals surface area contributed by atoms with Crippen LogP contribution in [0.2, 0.25) is 0 Å². The fourth-order valence-corrected chi connectivity index (χ4v) is 2.96. The summed E-state index contributed by atoms with van der Waals surface area (Å²) in [5.74, 6) is 0.0914. The van der Waals surface area contributed by atoms with E-state index in [0.717, 1.165) is 22.3 Å². The van der Waals surface area contributed by atoms with Crippen molar-refractivity contribution in [2.75, 3.05) is 13.2 Å². The predicted octanol–water partition coefficient (Wildman–Crippen LogP) is 5.27. The molecule has 0 amide bonds. The van der Waals surface area contributed by atoms with Gasteiger partial charge in [0.05, 0.1) is 13.2 Å². The monoisotopic (exact) mass is 360 g/mol. The second-order valence-corrected chi connectivity index (χ2v) is 6.44. The van der Waals surface area contributed by atoms with Gasteiger partial charge in [0.25, 0.3) is 0 Å². The molecule has 138 valence electrons. The van der Waals surface area contributed by atoms with Crippen LogP contribution in [-0.4, -0.2) is 19.0 Å². The van der Waals surface area contributed by atoms with Crippen LogP contribution in [0.1, 0.15) is 38.9 Å². The first-order valence-electron chi connectivity index (χ1n) is 9.11. The maximum Gasteiger partial charge on any atom is 0.193 e. The molecule has 1 fully saturated rings. The molecule has 1 aliphatic rings. The number of aryl methyl sites for hydroxylation is 2. The minimum atomic E-state index is -0.133. The average Bonchev–Trinajstić information content (AvgIpc) is 3.24. The van der Waals surface area contributed by atoms with E-state index in [2.05, 4.69) is 13.0 Å². The number of ketones is 1. The van der Waals surface area contributed by atoms with Crippen LogP contribution in [-0.2, 0) is 9.47 Å². The molecule has 0 spiro atoms. The molecule has 0 unspecified atom stereocenters. The predicted molar refractivity (Wildman–Crippen MR) is 107 cm³/mol. The van der Waals surface area contributed by atoms with Gasteiger partial charge in [0, 0.05) is 16.7 Å². The first kappa shape index (κ1) is 19.0. The molecule has 0 N–H and O–H groups in total. The molecule has 0 aliphatic carbocycles.